The molecule has 3 rings (SSSR count). The fourth-order valence-electron chi connectivity index (χ4n) is 2.56. The van der Waals surface area contributed by atoms with Crippen LogP contribution < -0.4 is 4.90 Å². The van der Waals surface area contributed by atoms with Crippen LogP contribution in [-0.2, 0) is 0 Å². The molecular formula is C14H19N3. The smallest absolute Gasteiger partial charge is 0.0455 e. The Morgan fingerprint density at radius 3 is 2.71 bits per heavy atom. The van der Waals surface area contributed by atoms with Crippen molar-refractivity contribution in [1.82, 2.24) is 9.88 Å². The van der Waals surface area contributed by atoms with Crippen molar-refractivity contribution >= 4 is 16.6 Å². The van der Waals surface area contributed by atoms with E-state index in [-0.39, 0.29) is 0 Å². The number of hydrogen-bond acceptors (Lipinski definition) is 2. The van der Waals surface area contributed by atoms with Crippen LogP contribution >= 0.6 is 0 Å². The fraction of sp³-hybridized carbons (Fsp3) is 0.429. The maximum atomic E-state index is 3.24. The minimum Gasteiger partial charge on any atom is -0.369 e. The number of piperazine rings is 1. The van der Waals surface area contributed by atoms with Crippen molar-refractivity contribution in [3.8, 4) is 0 Å². The van der Waals surface area contributed by atoms with Gasteiger partial charge in [-0.15, -0.1) is 0 Å². The predicted octanol–water partition coefficient (Wildman–Crippen LogP) is 2.31. The highest BCUT2D eigenvalue weighted by Crippen LogP contribution is 2.22. The molecule has 1 aromatic heterocycles. The van der Waals surface area contributed by atoms with Crippen LogP contribution in [0.3, 0.4) is 0 Å². The number of aromatic nitrogens is 1. The van der Waals surface area contributed by atoms with Gasteiger partial charge in [0.1, 0.15) is 0 Å². The van der Waals surface area contributed by atoms with Gasteiger partial charge >= 0.3 is 0 Å². The molecule has 3 heteroatoms. The first-order valence-electron chi connectivity index (χ1n) is 6.41. The number of H-pyrrole nitrogens is 1. The molecule has 0 aliphatic carbocycles. The van der Waals surface area contributed by atoms with Crippen molar-refractivity contribution in [2.45, 2.75) is 6.92 Å². The second-order valence-electron chi connectivity index (χ2n) is 4.67. The molecule has 0 unspecified atom stereocenters. The molecule has 0 atom stereocenters. The van der Waals surface area contributed by atoms with E-state index in [0.29, 0.717) is 0 Å². The third kappa shape index (κ3) is 2.03. The zero-order valence-corrected chi connectivity index (χ0v) is 10.3. The summed E-state index contributed by atoms with van der Waals surface area (Å²) in [5.74, 6) is 0. The van der Waals surface area contributed by atoms with E-state index in [0.717, 1.165) is 13.1 Å². The first kappa shape index (κ1) is 10.7. The summed E-state index contributed by atoms with van der Waals surface area (Å²) in [6, 6.07) is 8.83. The van der Waals surface area contributed by atoms with Gasteiger partial charge in [-0.05, 0) is 30.8 Å². The van der Waals surface area contributed by atoms with E-state index in [2.05, 4.69) is 46.0 Å². The molecule has 90 valence electrons. The molecule has 1 aromatic carbocycles. The Bertz CT molecular complexity index is 495. The van der Waals surface area contributed by atoms with Gasteiger partial charge in [0, 0.05) is 49.0 Å². The van der Waals surface area contributed by atoms with Gasteiger partial charge in [0.05, 0.1) is 0 Å². The molecule has 0 bridgehead atoms. The number of nitrogens with one attached hydrogen (secondary N) is 1. The fourth-order valence-corrected chi connectivity index (χ4v) is 2.56. The molecule has 0 saturated carbocycles. The van der Waals surface area contributed by atoms with E-state index in [9.17, 15) is 0 Å². The van der Waals surface area contributed by atoms with Gasteiger partial charge in [-0.2, -0.15) is 0 Å². The normalized spacial score (nSPS) is 17.8. The molecule has 0 spiro atoms. The molecule has 0 amide bonds. The summed E-state index contributed by atoms with van der Waals surface area (Å²) < 4.78 is 0. The summed E-state index contributed by atoms with van der Waals surface area (Å²) in [4.78, 5) is 8.23. The molecule has 0 radical (unpaired) electrons. The summed E-state index contributed by atoms with van der Waals surface area (Å²) in [5, 5.41) is 1.31. The molecule has 1 aliphatic heterocycles. The van der Waals surface area contributed by atoms with Crippen LogP contribution in [-0.4, -0.2) is 42.6 Å². The maximum Gasteiger partial charge on any atom is 0.0455 e. The maximum absolute atomic E-state index is 3.24. The van der Waals surface area contributed by atoms with E-state index >= 15 is 0 Å². The molecular weight excluding hydrogens is 210 g/mol. The third-order valence-corrected chi connectivity index (χ3v) is 3.72. The van der Waals surface area contributed by atoms with Crippen molar-refractivity contribution in [3.63, 3.8) is 0 Å². The number of hydrogen-bond donors (Lipinski definition) is 1. The Balaban J connectivity index is 1.79. The van der Waals surface area contributed by atoms with Crippen molar-refractivity contribution in [1.29, 1.82) is 0 Å². The Morgan fingerprint density at radius 2 is 1.94 bits per heavy atom. The summed E-state index contributed by atoms with van der Waals surface area (Å²) in [5.41, 5.74) is 2.58. The number of fused-ring (bicyclic) bond motifs is 1. The Hall–Kier alpha value is -1.48. The predicted molar refractivity (Wildman–Crippen MR) is 72.6 cm³/mol. The number of likely N-dealkylation sites (N-methyl/N-ethyl adjacent to an activating group) is 1. The van der Waals surface area contributed by atoms with E-state index in [4.69, 9.17) is 0 Å². The van der Waals surface area contributed by atoms with E-state index in [1.165, 1.54) is 36.2 Å². The number of benzene rings is 1. The van der Waals surface area contributed by atoms with Gasteiger partial charge in [-0.1, -0.05) is 6.92 Å². The van der Waals surface area contributed by atoms with Crippen LogP contribution in [0.1, 0.15) is 6.92 Å². The van der Waals surface area contributed by atoms with E-state index in [1.54, 1.807) is 0 Å². The molecule has 1 fully saturated rings. The lowest BCUT2D eigenvalue weighted by molar-refractivity contribution is 0.271. The third-order valence-electron chi connectivity index (χ3n) is 3.72. The zero-order valence-electron chi connectivity index (χ0n) is 10.3. The molecule has 3 nitrogen and oxygen atoms in total. The van der Waals surface area contributed by atoms with Crippen LogP contribution in [0.15, 0.2) is 30.5 Å². The lowest BCUT2D eigenvalue weighted by Crippen LogP contribution is -2.46. The molecule has 2 aromatic rings. The van der Waals surface area contributed by atoms with Gasteiger partial charge in [-0.3, -0.25) is 0 Å². The highest BCUT2D eigenvalue weighted by Gasteiger charge is 2.15. The molecule has 1 N–H and O–H groups in total. The van der Waals surface area contributed by atoms with Gasteiger partial charge in [0.25, 0.3) is 0 Å². The lowest BCUT2D eigenvalue weighted by Gasteiger charge is -2.35. The zero-order chi connectivity index (χ0) is 11.7. The summed E-state index contributed by atoms with van der Waals surface area (Å²) in [6.07, 6.45) is 2.00. The van der Waals surface area contributed by atoms with Crippen molar-refractivity contribution in [2.75, 3.05) is 37.6 Å². The summed E-state index contributed by atoms with van der Waals surface area (Å²) in [7, 11) is 0. The SMILES string of the molecule is CCN1CCN(c2ccc3[nH]ccc3c2)CC1. The highest BCUT2D eigenvalue weighted by atomic mass is 15.3. The average Bonchev–Trinajstić information content (AvgIpc) is 2.86. The van der Waals surface area contributed by atoms with Gasteiger partial charge in [0.15, 0.2) is 0 Å². The Labute approximate surface area is 102 Å². The molecule has 1 aliphatic rings. The quantitative estimate of drug-likeness (QED) is 0.853. The van der Waals surface area contributed by atoms with Gasteiger partial charge in [-0.25, -0.2) is 0 Å². The standard InChI is InChI=1S/C14H19N3/c1-2-16-7-9-17(10-8-16)13-3-4-14-12(11-13)5-6-15-14/h3-6,11,15H,2,7-10H2,1H3. The van der Waals surface area contributed by atoms with Crippen molar-refractivity contribution in [3.05, 3.63) is 30.5 Å². The Kier molecular flexibility index (Phi) is 2.77. The summed E-state index contributed by atoms with van der Waals surface area (Å²) in [6.45, 7) is 8.06. The number of aromatic amines is 1. The number of anilines is 1. The van der Waals surface area contributed by atoms with E-state index < -0.39 is 0 Å². The van der Waals surface area contributed by atoms with Crippen LogP contribution in [0.4, 0.5) is 5.69 Å². The molecule has 2 heterocycles. The van der Waals surface area contributed by atoms with Crippen molar-refractivity contribution < 1.29 is 0 Å². The highest BCUT2D eigenvalue weighted by molar-refractivity contribution is 5.83. The van der Waals surface area contributed by atoms with Crippen molar-refractivity contribution in [2.24, 2.45) is 0 Å². The lowest BCUT2D eigenvalue weighted by atomic mass is 10.2. The van der Waals surface area contributed by atoms with Crippen LogP contribution in [0.2, 0.25) is 0 Å². The second kappa shape index (κ2) is 4.41. The van der Waals surface area contributed by atoms with E-state index in [1.807, 2.05) is 6.20 Å². The van der Waals surface area contributed by atoms with Crippen LogP contribution in [0.25, 0.3) is 10.9 Å². The monoisotopic (exact) mass is 229 g/mol. The van der Waals surface area contributed by atoms with Gasteiger partial charge in [0.2, 0.25) is 0 Å². The topological polar surface area (TPSA) is 22.3 Å². The first-order chi connectivity index (χ1) is 8.36. The summed E-state index contributed by atoms with van der Waals surface area (Å²) >= 11 is 0. The minimum absolute atomic E-state index is 1.14. The molecule has 17 heavy (non-hydrogen) atoms. The Morgan fingerprint density at radius 1 is 1.12 bits per heavy atom. The van der Waals surface area contributed by atoms with Crippen LogP contribution in [0, 0.1) is 0 Å². The number of rotatable bonds is 2. The first-order valence-corrected chi connectivity index (χ1v) is 6.41. The number of nitrogens with zero attached hydrogens (tertiary/aromatic N) is 2. The largest absolute Gasteiger partial charge is 0.369 e. The van der Waals surface area contributed by atoms with Gasteiger partial charge < -0.3 is 14.8 Å². The van der Waals surface area contributed by atoms with Crippen LogP contribution in [0.5, 0.6) is 0 Å². The second-order valence-corrected chi connectivity index (χ2v) is 4.67. The average molecular weight is 229 g/mol. The minimum atomic E-state index is 1.14. The molecule has 1 saturated heterocycles.